The molecule has 15 heteroatoms. The fourth-order valence-electron chi connectivity index (χ4n) is 4.03. The van der Waals surface area contributed by atoms with Crippen LogP contribution in [0.5, 0.6) is 5.75 Å². The molecule has 0 bridgehead atoms. The van der Waals surface area contributed by atoms with Crippen LogP contribution in [0.25, 0.3) is 11.3 Å². The van der Waals surface area contributed by atoms with Gasteiger partial charge in [-0.1, -0.05) is 41.4 Å². The predicted molar refractivity (Wildman–Crippen MR) is 159 cm³/mol. The molecular formula is C27H23Cl2N5O7S. The van der Waals surface area contributed by atoms with E-state index in [0.717, 1.165) is 0 Å². The van der Waals surface area contributed by atoms with Crippen LogP contribution >= 0.6 is 35.4 Å². The average Bonchev–Trinajstić information content (AvgIpc) is 3.40. The quantitative estimate of drug-likeness (QED) is 0.0909. The third-order valence-corrected chi connectivity index (χ3v) is 6.70. The normalized spacial score (nSPS) is 14.8. The topological polar surface area (TPSA) is 157 Å². The highest BCUT2D eigenvalue weighted by Crippen LogP contribution is 2.37. The van der Waals surface area contributed by atoms with Gasteiger partial charge in [0.05, 0.1) is 34.4 Å². The van der Waals surface area contributed by atoms with Crippen LogP contribution in [0.3, 0.4) is 0 Å². The lowest BCUT2D eigenvalue weighted by Gasteiger charge is -2.30. The van der Waals surface area contributed by atoms with E-state index in [0.29, 0.717) is 27.7 Å². The Morgan fingerprint density at radius 2 is 1.98 bits per heavy atom. The van der Waals surface area contributed by atoms with E-state index in [1.54, 1.807) is 50.2 Å². The van der Waals surface area contributed by atoms with Gasteiger partial charge >= 0.3 is 5.97 Å². The largest absolute Gasteiger partial charge is 0.483 e. The fraction of sp³-hybridized carbons (Fsp3) is 0.185. The van der Waals surface area contributed by atoms with Gasteiger partial charge in [0.15, 0.2) is 11.7 Å². The Kier molecular flexibility index (Phi) is 9.78. The predicted octanol–water partition coefficient (Wildman–Crippen LogP) is 5.05. The Labute approximate surface area is 254 Å². The molecule has 1 atom stereocenters. The van der Waals surface area contributed by atoms with Crippen molar-refractivity contribution in [3.05, 3.63) is 91.3 Å². The number of halogens is 2. The summed E-state index contributed by atoms with van der Waals surface area (Å²) in [6.45, 7) is 3.23. The summed E-state index contributed by atoms with van der Waals surface area (Å²) in [5, 5.41) is 21.4. The highest BCUT2D eigenvalue weighted by atomic mass is 35.5. The number of nitrogens with zero attached hydrogens (tertiary/aromatic N) is 2. The Morgan fingerprint density at radius 3 is 2.71 bits per heavy atom. The summed E-state index contributed by atoms with van der Waals surface area (Å²) in [7, 11) is 0. The minimum Gasteiger partial charge on any atom is -0.483 e. The number of benzene rings is 2. The number of nitro benzene ring substituents is 1. The first-order valence-electron chi connectivity index (χ1n) is 12.3. The van der Waals surface area contributed by atoms with Gasteiger partial charge < -0.3 is 24.5 Å². The smallest absolute Gasteiger partial charge is 0.338 e. The molecule has 0 aliphatic carbocycles. The number of hydrogen-bond acceptors (Lipinski definition) is 9. The second-order valence-electron chi connectivity index (χ2n) is 8.65. The number of carbonyl (C=O) groups is 2. The number of hydrogen-bond donors (Lipinski definition) is 3. The summed E-state index contributed by atoms with van der Waals surface area (Å²) >= 11 is 17.3. The molecule has 3 aromatic rings. The van der Waals surface area contributed by atoms with Crippen LogP contribution in [0, 0.1) is 10.1 Å². The zero-order chi connectivity index (χ0) is 30.4. The van der Waals surface area contributed by atoms with Crippen molar-refractivity contribution in [1.29, 1.82) is 0 Å². The van der Waals surface area contributed by atoms with Crippen molar-refractivity contribution in [1.82, 2.24) is 16.1 Å². The number of amides is 1. The molecule has 0 radical (unpaired) electrons. The minimum atomic E-state index is -0.668. The highest BCUT2D eigenvalue weighted by molar-refractivity contribution is 7.80. The number of hydrazone groups is 1. The number of allylic oxidation sites excluding steroid dienone is 1. The molecule has 0 unspecified atom stereocenters. The van der Waals surface area contributed by atoms with Crippen molar-refractivity contribution < 1.29 is 28.4 Å². The summed E-state index contributed by atoms with van der Waals surface area (Å²) in [6.07, 6.45) is 1.24. The second kappa shape index (κ2) is 13.5. The molecule has 2 heterocycles. The van der Waals surface area contributed by atoms with Crippen LogP contribution in [-0.2, 0) is 14.3 Å². The van der Waals surface area contributed by atoms with E-state index >= 15 is 0 Å². The number of thiocarbonyl (C=S) groups is 1. The van der Waals surface area contributed by atoms with Crippen LogP contribution in [-0.4, -0.2) is 41.3 Å². The van der Waals surface area contributed by atoms with Gasteiger partial charge in [0.1, 0.15) is 22.3 Å². The molecule has 1 aliphatic heterocycles. The van der Waals surface area contributed by atoms with Gasteiger partial charge in [-0.3, -0.25) is 14.9 Å². The molecule has 1 aromatic heterocycles. The maximum Gasteiger partial charge on any atom is 0.338 e. The maximum absolute atomic E-state index is 12.7. The van der Waals surface area contributed by atoms with Gasteiger partial charge in [-0.25, -0.2) is 10.2 Å². The number of para-hydroxylation sites is 1. The maximum atomic E-state index is 12.7. The molecule has 4 rings (SSSR count). The standard InChI is InChI=1S/C27H23Cl2N5O7S/c1-3-39-26(36)24-14(2)31-27(42)32-25(24)16-6-4-5-7-21(16)40-13-23(35)33-30-12-15-8-9-22(41-15)17-10-20(34(37)38)19(29)11-18(17)28/h4-12,25H,3,13H2,1-2H3,(H,33,35)(H2,31,32,42)/t25-/m1/s1. The molecule has 1 amide bonds. The molecule has 0 saturated heterocycles. The summed E-state index contributed by atoms with van der Waals surface area (Å²) in [5.74, 6) is -0.257. The molecule has 0 spiro atoms. The number of nitro groups is 1. The van der Waals surface area contributed by atoms with Gasteiger partial charge in [-0.2, -0.15) is 5.10 Å². The van der Waals surface area contributed by atoms with Crippen LogP contribution in [0.2, 0.25) is 10.0 Å². The van der Waals surface area contributed by atoms with Gasteiger partial charge in [0.25, 0.3) is 11.6 Å². The molecule has 0 saturated carbocycles. The average molecular weight is 632 g/mol. The molecule has 2 aromatic carbocycles. The van der Waals surface area contributed by atoms with E-state index in [1.807, 2.05) is 0 Å². The molecule has 1 aliphatic rings. The first-order chi connectivity index (χ1) is 20.1. The van der Waals surface area contributed by atoms with Crippen molar-refractivity contribution in [2.45, 2.75) is 19.9 Å². The fourth-order valence-corrected chi connectivity index (χ4v) is 4.85. The zero-order valence-electron chi connectivity index (χ0n) is 22.1. The summed E-state index contributed by atoms with van der Waals surface area (Å²) in [5.41, 5.74) is 3.73. The van der Waals surface area contributed by atoms with Gasteiger partial charge in [-0.05, 0) is 50.3 Å². The zero-order valence-corrected chi connectivity index (χ0v) is 24.4. The first-order valence-corrected chi connectivity index (χ1v) is 13.5. The van der Waals surface area contributed by atoms with E-state index in [-0.39, 0.29) is 39.4 Å². The highest BCUT2D eigenvalue weighted by Gasteiger charge is 2.32. The van der Waals surface area contributed by atoms with E-state index in [4.69, 9.17) is 49.3 Å². The van der Waals surface area contributed by atoms with Gasteiger partial charge in [0.2, 0.25) is 0 Å². The molecule has 218 valence electrons. The number of esters is 1. The first kappa shape index (κ1) is 30.5. The van der Waals surface area contributed by atoms with Crippen LogP contribution in [0.15, 0.2) is 69.3 Å². The third kappa shape index (κ3) is 7.05. The number of carbonyl (C=O) groups excluding carboxylic acids is 2. The molecule has 3 N–H and O–H groups in total. The van der Waals surface area contributed by atoms with Crippen LogP contribution in [0.4, 0.5) is 5.69 Å². The van der Waals surface area contributed by atoms with Crippen molar-refractivity contribution in [3.63, 3.8) is 0 Å². The number of furan rings is 1. The second-order valence-corrected chi connectivity index (χ2v) is 9.88. The van der Waals surface area contributed by atoms with E-state index in [9.17, 15) is 19.7 Å². The minimum absolute atomic E-state index is 0.101. The van der Waals surface area contributed by atoms with Gasteiger partial charge in [0, 0.05) is 22.9 Å². The Hall–Kier alpha value is -4.46. The van der Waals surface area contributed by atoms with Crippen molar-refractivity contribution in [2.75, 3.05) is 13.2 Å². The summed E-state index contributed by atoms with van der Waals surface area (Å²) in [4.78, 5) is 35.7. The van der Waals surface area contributed by atoms with Crippen LogP contribution < -0.4 is 20.8 Å². The number of nitrogens with one attached hydrogen (secondary N) is 3. The Morgan fingerprint density at radius 1 is 1.21 bits per heavy atom. The lowest BCUT2D eigenvalue weighted by Crippen LogP contribution is -2.45. The van der Waals surface area contributed by atoms with Crippen molar-refractivity contribution >= 4 is 64.3 Å². The lowest BCUT2D eigenvalue weighted by atomic mass is 9.95. The van der Waals surface area contributed by atoms with Crippen LogP contribution in [0.1, 0.15) is 31.2 Å². The van der Waals surface area contributed by atoms with Crippen molar-refractivity contribution in [3.8, 4) is 17.1 Å². The lowest BCUT2D eigenvalue weighted by molar-refractivity contribution is -0.384. The molecule has 42 heavy (non-hydrogen) atoms. The van der Waals surface area contributed by atoms with E-state index in [1.165, 1.54) is 18.3 Å². The third-order valence-electron chi connectivity index (χ3n) is 5.86. The van der Waals surface area contributed by atoms with Gasteiger partial charge in [-0.15, -0.1) is 0 Å². The van der Waals surface area contributed by atoms with E-state index < -0.39 is 29.4 Å². The Balaban J connectivity index is 1.42. The monoisotopic (exact) mass is 631 g/mol. The SMILES string of the molecule is CCOC(=O)C1=C(C)NC(=S)N[C@@H]1c1ccccc1OCC(=O)NN=Cc1ccc(-c2cc([N+](=O)[O-])c(Cl)cc2Cl)o1. The summed E-state index contributed by atoms with van der Waals surface area (Å²) in [6, 6.07) is 11.8. The summed E-state index contributed by atoms with van der Waals surface area (Å²) < 4.78 is 16.6. The molecule has 12 nitrogen and oxygen atoms in total. The van der Waals surface area contributed by atoms with E-state index in [2.05, 4.69) is 21.2 Å². The number of rotatable bonds is 10. The molecular weight excluding hydrogens is 609 g/mol. The van der Waals surface area contributed by atoms with Crippen molar-refractivity contribution in [2.24, 2.45) is 5.10 Å². The Bertz CT molecular complexity index is 1620. The molecule has 0 fully saturated rings. The number of ether oxygens (including phenoxy) is 2.